The molecule has 0 heterocycles. The van der Waals surface area contributed by atoms with Gasteiger partial charge in [0.05, 0.1) is 10.8 Å². The van der Waals surface area contributed by atoms with Gasteiger partial charge in [0.15, 0.2) is 12.1 Å². The van der Waals surface area contributed by atoms with E-state index >= 15 is 0 Å². The maximum Gasteiger partial charge on any atom is 0.273 e. The third-order valence-corrected chi connectivity index (χ3v) is 2.36. The van der Waals surface area contributed by atoms with Gasteiger partial charge in [0, 0.05) is 22.8 Å². The molecule has 6 heteroatoms. The highest BCUT2D eigenvalue weighted by molar-refractivity contribution is 6.31. The Labute approximate surface area is 96.2 Å². The van der Waals surface area contributed by atoms with E-state index in [1.165, 1.54) is 13.0 Å². The van der Waals surface area contributed by atoms with E-state index < -0.39 is 10.7 Å². The molecule has 0 aliphatic rings. The maximum absolute atomic E-state index is 11.4. The van der Waals surface area contributed by atoms with Gasteiger partial charge in [-0.25, -0.2) is 0 Å². The fourth-order valence-electron chi connectivity index (χ4n) is 1.32. The molecule has 1 aromatic rings. The third kappa shape index (κ3) is 2.25. The van der Waals surface area contributed by atoms with Crippen molar-refractivity contribution in [3.05, 3.63) is 38.9 Å². The van der Waals surface area contributed by atoms with E-state index in [-0.39, 0.29) is 22.7 Å². The number of aryl methyl sites for hydroxylation is 1. The van der Waals surface area contributed by atoms with Crippen LogP contribution in [0.25, 0.3) is 0 Å². The maximum atomic E-state index is 11.4. The van der Waals surface area contributed by atoms with Gasteiger partial charge in [0.25, 0.3) is 5.69 Å². The Morgan fingerprint density at radius 2 is 2.19 bits per heavy atom. The molecule has 0 atom stereocenters. The number of carbonyl (C=O) groups is 2. The van der Waals surface area contributed by atoms with E-state index in [0.29, 0.717) is 11.8 Å². The first-order valence-corrected chi connectivity index (χ1v) is 4.88. The lowest BCUT2D eigenvalue weighted by Gasteiger charge is -2.04. The normalized spacial score (nSPS) is 9.88. The number of halogens is 1. The van der Waals surface area contributed by atoms with Gasteiger partial charge in [-0.05, 0) is 13.0 Å². The Bertz CT molecular complexity index is 470. The summed E-state index contributed by atoms with van der Waals surface area (Å²) in [4.78, 5) is 32.1. The average Bonchev–Trinajstić information content (AvgIpc) is 2.27. The lowest BCUT2D eigenvalue weighted by Crippen LogP contribution is -2.06. The number of benzene rings is 1. The topological polar surface area (TPSA) is 77.3 Å². The van der Waals surface area contributed by atoms with Crippen molar-refractivity contribution in [1.82, 2.24) is 0 Å². The van der Waals surface area contributed by atoms with Gasteiger partial charge in [-0.15, -0.1) is 11.6 Å². The van der Waals surface area contributed by atoms with Gasteiger partial charge in [0.1, 0.15) is 0 Å². The van der Waals surface area contributed by atoms with Crippen LogP contribution in [0.4, 0.5) is 5.69 Å². The second kappa shape index (κ2) is 4.85. The van der Waals surface area contributed by atoms with Crippen molar-refractivity contribution in [2.45, 2.75) is 6.92 Å². The zero-order valence-electron chi connectivity index (χ0n) is 8.40. The van der Waals surface area contributed by atoms with Crippen molar-refractivity contribution >= 4 is 29.4 Å². The summed E-state index contributed by atoms with van der Waals surface area (Å²) in [5.41, 5.74) is 0.244. The molecule has 0 aromatic heterocycles. The Hall–Kier alpha value is -1.75. The van der Waals surface area contributed by atoms with Crippen molar-refractivity contribution in [2.24, 2.45) is 0 Å². The van der Waals surface area contributed by atoms with E-state index in [2.05, 4.69) is 0 Å². The second-order valence-corrected chi connectivity index (χ2v) is 3.42. The first-order chi connectivity index (χ1) is 7.51. The molecule has 84 valence electrons. The lowest BCUT2D eigenvalue weighted by atomic mass is 10.0. The number of hydrogen-bond acceptors (Lipinski definition) is 4. The molecule has 0 spiro atoms. The first kappa shape index (κ1) is 12.3. The SMILES string of the molecule is Cc1cc(C(=O)CCl)c(C=O)cc1[N+](=O)[O-]. The molecule has 1 aromatic carbocycles. The molecule has 0 saturated carbocycles. The number of aldehydes is 1. The van der Waals surface area contributed by atoms with Crippen molar-refractivity contribution < 1.29 is 14.5 Å². The minimum atomic E-state index is -0.600. The molecule has 0 bridgehead atoms. The average molecular weight is 242 g/mol. The Balaban J connectivity index is 3.43. The van der Waals surface area contributed by atoms with E-state index in [1.807, 2.05) is 0 Å². The molecule has 0 radical (unpaired) electrons. The fourth-order valence-corrected chi connectivity index (χ4v) is 1.46. The van der Waals surface area contributed by atoms with Gasteiger partial charge in [0.2, 0.25) is 0 Å². The number of Topliss-reactive ketones (excluding diaryl/α,β-unsaturated/α-hetero) is 1. The molecule has 16 heavy (non-hydrogen) atoms. The number of rotatable bonds is 4. The van der Waals surface area contributed by atoms with E-state index in [9.17, 15) is 19.7 Å². The number of hydrogen-bond donors (Lipinski definition) is 0. The molecule has 0 aliphatic heterocycles. The van der Waals surface area contributed by atoms with Gasteiger partial charge in [-0.3, -0.25) is 19.7 Å². The van der Waals surface area contributed by atoms with Crippen molar-refractivity contribution in [2.75, 3.05) is 5.88 Å². The Morgan fingerprint density at radius 3 is 2.62 bits per heavy atom. The van der Waals surface area contributed by atoms with Crippen LogP contribution in [0.2, 0.25) is 0 Å². The Morgan fingerprint density at radius 1 is 1.56 bits per heavy atom. The van der Waals surface area contributed by atoms with Crippen molar-refractivity contribution in [3.8, 4) is 0 Å². The molecular formula is C10H8ClNO4. The number of alkyl halides is 1. The quantitative estimate of drug-likeness (QED) is 0.266. The number of ketones is 1. The molecule has 0 amide bonds. The van der Waals surface area contributed by atoms with E-state index in [0.717, 1.165) is 6.07 Å². The summed E-state index contributed by atoms with van der Waals surface area (Å²) in [5.74, 6) is -0.695. The highest BCUT2D eigenvalue weighted by Gasteiger charge is 2.18. The van der Waals surface area contributed by atoms with Crippen LogP contribution in [-0.2, 0) is 0 Å². The van der Waals surface area contributed by atoms with Gasteiger partial charge in [-0.1, -0.05) is 0 Å². The van der Waals surface area contributed by atoms with E-state index in [4.69, 9.17) is 11.6 Å². The first-order valence-electron chi connectivity index (χ1n) is 4.34. The molecule has 5 nitrogen and oxygen atoms in total. The summed E-state index contributed by atoms with van der Waals surface area (Å²) in [6.45, 7) is 1.50. The molecule has 0 unspecified atom stereocenters. The van der Waals surface area contributed by atoms with Crippen LogP contribution >= 0.6 is 11.6 Å². The van der Waals surface area contributed by atoms with Gasteiger partial charge in [-0.2, -0.15) is 0 Å². The standard InChI is InChI=1S/C10H8ClNO4/c1-6-2-8(10(14)4-11)7(5-13)3-9(6)12(15)16/h2-3,5H,4H2,1H3. The summed E-state index contributed by atoms with van der Waals surface area (Å²) in [7, 11) is 0. The Kier molecular flexibility index (Phi) is 3.73. The highest BCUT2D eigenvalue weighted by atomic mass is 35.5. The van der Waals surface area contributed by atoms with Gasteiger partial charge >= 0.3 is 0 Å². The van der Waals surface area contributed by atoms with E-state index in [1.54, 1.807) is 0 Å². The lowest BCUT2D eigenvalue weighted by molar-refractivity contribution is -0.385. The van der Waals surface area contributed by atoms with Crippen LogP contribution < -0.4 is 0 Å². The zero-order chi connectivity index (χ0) is 12.3. The monoisotopic (exact) mass is 241 g/mol. The fraction of sp³-hybridized carbons (Fsp3) is 0.200. The minimum absolute atomic E-state index is 0.0112. The van der Waals surface area contributed by atoms with Crippen LogP contribution in [0, 0.1) is 17.0 Å². The summed E-state index contributed by atoms with van der Waals surface area (Å²) >= 11 is 5.37. The molecular weight excluding hydrogens is 234 g/mol. The number of nitro groups is 1. The summed E-state index contributed by atoms with van der Waals surface area (Å²) in [6.07, 6.45) is 0.409. The second-order valence-electron chi connectivity index (χ2n) is 3.16. The predicted molar refractivity (Wildman–Crippen MR) is 58.3 cm³/mol. The van der Waals surface area contributed by atoms with Crippen LogP contribution in [0.1, 0.15) is 26.3 Å². The summed E-state index contributed by atoms with van der Waals surface area (Å²) in [5, 5.41) is 10.6. The van der Waals surface area contributed by atoms with Crippen LogP contribution in [0.3, 0.4) is 0 Å². The molecule has 0 saturated heterocycles. The smallest absolute Gasteiger partial charge is 0.273 e. The van der Waals surface area contributed by atoms with Crippen LogP contribution in [0.5, 0.6) is 0 Å². The van der Waals surface area contributed by atoms with Crippen LogP contribution in [0.15, 0.2) is 12.1 Å². The predicted octanol–water partition coefficient (Wildman–Crippen LogP) is 2.14. The molecule has 0 fully saturated rings. The summed E-state index contributed by atoms with van der Waals surface area (Å²) < 4.78 is 0. The largest absolute Gasteiger partial charge is 0.298 e. The number of carbonyl (C=O) groups excluding carboxylic acids is 2. The zero-order valence-corrected chi connectivity index (χ0v) is 9.15. The third-order valence-electron chi connectivity index (χ3n) is 2.11. The van der Waals surface area contributed by atoms with Crippen molar-refractivity contribution in [3.63, 3.8) is 0 Å². The summed E-state index contributed by atoms with van der Waals surface area (Å²) in [6, 6.07) is 2.40. The number of nitrogens with zero attached hydrogens (tertiary/aromatic N) is 1. The number of nitro benzene ring substituents is 1. The molecule has 1 rings (SSSR count). The molecule has 0 aliphatic carbocycles. The van der Waals surface area contributed by atoms with Crippen molar-refractivity contribution in [1.29, 1.82) is 0 Å². The minimum Gasteiger partial charge on any atom is -0.298 e. The van der Waals surface area contributed by atoms with Crippen LogP contribution in [-0.4, -0.2) is 22.9 Å². The highest BCUT2D eigenvalue weighted by Crippen LogP contribution is 2.22. The van der Waals surface area contributed by atoms with Gasteiger partial charge < -0.3 is 0 Å². The molecule has 0 N–H and O–H groups in total.